The topological polar surface area (TPSA) is 75.0 Å². The lowest BCUT2D eigenvalue weighted by Gasteiger charge is -2.33. The summed E-state index contributed by atoms with van der Waals surface area (Å²) in [6.45, 7) is 3.04. The lowest BCUT2D eigenvalue weighted by atomic mass is 9.82. The Bertz CT molecular complexity index is 1170. The average molecular weight is 522 g/mol. The Morgan fingerprint density at radius 2 is 1.91 bits per heavy atom. The van der Waals surface area contributed by atoms with Crippen molar-refractivity contribution in [2.75, 3.05) is 19.8 Å². The van der Waals surface area contributed by atoms with Gasteiger partial charge in [0.15, 0.2) is 11.3 Å². The van der Waals surface area contributed by atoms with Gasteiger partial charge in [0.2, 0.25) is 5.43 Å². The molecule has 1 fully saturated rings. The molecule has 1 heterocycles. The van der Waals surface area contributed by atoms with Crippen molar-refractivity contribution in [3.8, 4) is 17.1 Å². The molecular formula is C24H22BrClO6. The first-order valence-electron chi connectivity index (χ1n) is 10.4. The second kappa shape index (κ2) is 10.1. The number of rotatable bonds is 8. The van der Waals surface area contributed by atoms with E-state index in [1.807, 2.05) is 12.1 Å². The van der Waals surface area contributed by atoms with Crippen LogP contribution in [0.25, 0.3) is 22.3 Å². The first-order chi connectivity index (χ1) is 15.5. The van der Waals surface area contributed by atoms with Gasteiger partial charge in [0.05, 0.1) is 35.6 Å². The molecule has 0 unspecified atom stereocenters. The van der Waals surface area contributed by atoms with Crippen LogP contribution in [0.1, 0.15) is 19.8 Å². The van der Waals surface area contributed by atoms with Gasteiger partial charge in [0, 0.05) is 5.56 Å². The molecule has 0 radical (unpaired) electrons. The van der Waals surface area contributed by atoms with Crippen LogP contribution in [0.15, 0.2) is 56.1 Å². The fraction of sp³-hybridized carbons (Fsp3) is 0.333. The third kappa shape index (κ3) is 4.85. The summed E-state index contributed by atoms with van der Waals surface area (Å²) in [5, 5.41) is 0.807. The normalized spacial score (nSPS) is 17.7. The molecule has 0 spiro atoms. The molecule has 168 valence electrons. The Kier molecular flexibility index (Phi) is 7.18. The number of benzene rings is 2. The number of esters is 1. The maximum Gasteiger partial charge on any atom is 0.309 e. The molecule has 8 heteroatoms. The van der Waals surface area contributed by atoms with Crippen molar-refractivity contribution in [3.63, 3.8) is 0 Å². The van der Waals surface area contributed by atoms with E-state index in [0.717, 1.165) is 5.56 Å². The van der Waals surface area contributed by atoms with E-state index in [1.54, 1.807) is 37.3 Å². The monoisotopic (exact) mass is 520 g/mol. The van der Waals surface area contributed by atoms with Gasteiger partial charge in [-0.05, 0) is 72.1 Å². The number of carbonyl (C=O) groups is 1. The van der Waals surface area contributed by atoms with Crippen molar-refractivity contribution < 1.29 is 23.4 Å². The predicted molar refractivity (Wildman–Crippen MR) is 125 cm³/mol. The van der Waals surface area contributed by atoms with Crippen LogP contribution in [0.5, 0.6) is 5.75 Å². The smallest absolute Gasteiger partial charge is 0.309 e. The van der Waals surface area contributed by atoms with Crippen molar-refractivity contribution in [3.05, 3.63) is 62.2 Å². The quantitative estimate of drug-likeness (QED) is 0.283. The highest BCUT2D eigenvalue weighted by atomic mass is 79.9. The number of ether oxygens (including phenoxy) is 3. The molecule has 32 heavy (non-hydrogen) atoms. The number of fused-ring (bicyclic) bond motifs is 1. The number of hydrogen-bond donors (Lipinski definition) is 0. The molecule has 6 nitrogen and oxygen atoms in total. The van der Waals surface area contributed by atoms with Crippen LogP contribution >= 0.6 is 27.5 Å². The highest BCUT2D eigenvalue weighted by Gasteiger charge is 2.36. The van der Waals surface area contributed by atoms with Gasteiger partial charge in [0.25, 0.3) is 0 Å². The second-order valence-corrected chi connectivity index (χ2v) is 8.68. The minimum absolute atomic E-state index is 0.0437. The molecule has 1 saturated carbocycles. The van der Waals surface area contributed by atoms with E-state index in [1.165, 1.54) is 0 Å². The first-order valence-corrected chi connectivity index (χ1v) is 11.6. The molecule has 0 aliphatic heterocycles. The van der Waals surface area contributed by atoms with E-state index in [4.69, 9.17) is 30.2 Å². The highest BCUT2D eigenvalue weighted by Crippen LogP contribution is 2.33. The largest absolute Gasteiger partial charge is 0.491 e. The second-order valence-electron chi connectivity index (χ2n) is 7.48. The molecule has 1 aromatic heterocycles. The van der Waals surface area contributed by atoms with E-state index < -0.39 is 0 Å². The maximum atomic E-state index is 12.7. The molecule has 1 aliphatic carbocycles. The molecule has 0 amide bonds. The Labute approximate surface area is 198 Å². The van der Waals surface area contributed by atoms with Crippen LogP contribution in [0.3, 0.4) is 0 Å². The van der Waals surface area contributed by atoms with Crippen molar-refractivity contribution in [2.24, 2.45) is 5.92 Å². The van der Waals surface area contributed by atoms with Gasteiger partial charge in [0.1, 0.15) is 16.8 Å². The summed E-state index contributed by atoms with van der Waals surface area (Å²) < 4.78 is 22.8. The standard InChI is InChI=1S/C24H22BrClO6/c1-2-29-24(28)15-12-17(13-15)31-11-10-30-16-8-6-14(7-9-16)22-20(25)21(27)18-4-3-5-19(26)23(18)32-22/h3-9,15,17H,2,10-13H2,1H3. The van der Waals surface area contributed by atoms with Crippen LogP contribution in [-0.2, 0) is 14.3 Å². The third-order valence-electron chi connectivity index (χ3n) is 5.35. The molecule has 2 aromatic carbocycles. The molecule has 0 N–H and O–H groups in total. The van der Waals surface area contributed by atoms with Gasteiger partial charge in [-0.3, -0.25) is 9.59 Å². The Morgan fingerprint density at radius 1 is 1.16 bits per heavy atom. The van der Waals surface area contributed by atoms with E-state index in [-0.39, 0.29) is 23.4 Å². The molecule has 1 aliphatic rings. The number of halogens is 2. The van der Waals surface area contributed by atoms with Crippen LogP contribution in [-0.4, -0.2) is 31.9 Å². The third-order valence-corrected chi connectivity index (χ3v) is 6.37. The van der Waals surface area contributed by atoms with Crippen molar-refractivity contribution in [1.82, 2.24) is 0 Å². The maximum absolute atomic E-state index is 12.7. The van der Waals surface area contributed by atoms with Gasteiger partial charge < -0.3 is 18.6 Å². The predicted octanol–water partition coefficient (Wildman–Crippen LogP) is 5.61. The van der Waals surface area contributed by atoms with Crippen molar-refractivity contribution >= 4 is 44.5 Å². The fourth-order valence-electron chi connectivity index (χ4n) is 3.58. The van der Waals surface area contributed by atoms with Gasteiger partial charge in [-0.15, -0.1) is 0 Å². The molecule has 0 saturated heterocycles. The minimum atomic E-state index is -0.178. The molecular weight excluding hydrogens is 500 g/mol. The van der Waals surface area contributed by atoms with Gasteiger partial charge in [-0.1, -0.05) is 17.7 Å². The molecule has 3 aromatic rings. The average Bonchev–Trinajstić information content (AvgIpc) is 2.76. The fourth-order valence-corrected chi connectivity index (χ4v) is 4.31. The van der Waals surface area contributed by atoms with Crippen molar-refractivity contribution in [1.29, 1.82) is 0 Å². The van der Waals surface area contributed by atoms with Gasteiger partial charge in [-0.25, -0.2) is 0 Å². The number of para-hydroxylation sites is 1. The Hall–Kier alpha value is -2.35. The van der Waals surface area contributed by atoms with E-state index in [9.17, 15) is 9.59 Å². The minimum Gasteiger partial charge on any atom is -0.491 e. The molecule has 0 atom stereocenters. The van der Waals surface area contributed by atoms with E-state index >= 15 is 0 Å². The highest BCUT2D eigenvalue weighted by molar-refractivity contribution is 9.10. The van der Waals surface area contributed by atoms with Crippen LogP contribution in [0.2, 0.25) is 5.02 Å². The van der Waals surface area contributed by atoms with Crippen LogP contribution < -0.4 is 10.2 Å². The molecule has 0 bridgehead atoms. The summed E-state index contributed by atoms with van der Waals surface area (Å²) in [5.74, 6) is 0.900. The number of hydrogen-bond acceptors (Lipinski definition) is 6. The first kappa shape index (κ1) is 22.8. The molecule has 4 rings (SSSR count). The zero-order valence-corrected chi connectivity index (χ0v) is 19.8. The van der Waals surface area contributed by atoms with Crippen LogP contribution in [0, 0.1) is 5.92 Å². The Balaban J connectivity index is 1.33. The van der Waals surface area contributed by atoms with Gasteiger partial charge >= 0.3 is 5.97 Å². The SMILES string of the molecule is CCOC(=O)C1CC(OCCOc2ccc(-c3oc4c(Cl)cccc4c(=O)c3Br)cc2)C1. The summed E-state index contributed by atoms with van der Waals surface area (Å²) in [6, 6.07) is 12.3. The summed E-state index contributed by atoms with van der Waals surface area (Å²) in [7, 11) is 0. The lowest BCUT2D eigenvalue weighted by Crippen LogP contribution is -2.38. The zero-order chi connectivity index (χ0) is 22.7. The van der Waals surface area contributed by atoms with E-state index in [2.05, 4.69) is 15.9 Å². The van der Waals surface area contributed by atoms with Crippen LogP contribution in [0.4, 0.5) is 0 Å². The van der Waals surface area contributed by atoms with Crippen molar-refractivity contribution in [2.45, 2.75) is 25.9 Å². The lowest BCUT2D eigenvalue weighted by molar-refractivity contribution is -0.157. The number of carbonyl (C=O) groups excluding carboxylic acids is 1. The summed E-state index contributed by atoms with van der Waals surface area (Å²) >= 11 is 9.56. The summed E-state index contributed by atoms with van der Waals surface area (Å²) in [6.07, 6.45) is 1.47. The zero-order valence-electron chi connectivity index (χ0n) is 17.4. The van der Waals surface area contributed by atoms with E-state index in [0.29, 0.717) is 64.6 Å². The van der Waals surface area contributed by atoms with Gasteiger partial charge in [-0.2, -0.15) is 0 Å². The summed E-state index contributed by atoms with van der Waals surface area (Å²) in [5.41, 5.74) is 0.900. The summed E-state index contributed by atoms with van der Waals surface area (Å²) in [4.78, 5) is 24.3. The Morgan fingerprint density at radius 3 is 2.62 bits per heavy atom.